The number of nitrogens with zero attached hydrogens (tertiary/aromatic N) is 9. The van der Waals surface area contributed by atoms with Gasteiger partial charge in [-0.2, -0.15) is 0 Å². The van der Waals surface area contributed by atoms with E-state index in [0.29, 0.717) is 0 Å². The summed E-state index contributed by atoms with van der Waals surface area (Å²) in [4.78, 5) is 71.5. The number of nitrogen functional groups attached to an aromatic ring is 2. The van der Waals surface area contributed by atoms with Crippen molar-refractivity contribution in [1.29, 1.82) is 0 Å². The van der Waals surface area contributed by atoms with Crippen molar-refractivity contribution in [3.8, 4) is 0 Å². The summed E-state index contributed by atoms with van der Waals surface area (Å²) < 4.78 is 67.8. The van der Waals surface area contributed by atoms with E-state index in [1.165, 1.54) is 10.9 Å². The lowest BCUT2D eigenvalue weighted by atomic mass is 10.1. The fourth-order valence-electron chi connectivity index (χ4n) is 6.98. The van der Waals surface area contributed by atoms with E-state index in [1.54, 1.807) is 0 Å². The Morgan fingerprint density at radius 1 is 0.672 bits per heavy atom. The van der Waals surface area contributed by atoms with Gasteiger partial charge >= 0.3 is 21.3 Å². The molecule has 12 N–H and O–H groups in total. The fraction of sp³-hybridized carbons (Fsp3) is 0.517. The highest BCUT2D eigenvalue weighted by atomic mass is 31.2. The number of H-pyrrole nitrogens is 1. The summed E-state index contributed by atoms with van der Waals surface area (Å²) in [5, 5.41) is 53.9. The number of fused-ring (bicyclic) bond motifs is 2. The van der Waals surface area contributed by atoms with Crippen LogP contribution in [0.25, 0.3) is 22.3 Å². The number of aliphatic hydroxyl groups excluding tert-OH is 5. The van der Waals surface area contributed by atoms with E-state index in [4.69, 9.17) is 43.8 Å². The number of imidazole rings is 2. The number of nitrogens with two attached hydrogens (primary N) is 2. The first-order valence-electron chi connectivity index (χ1n) is 17.8. The molecule has 3 aliphatic heterocycles. The van der Waals surface area contributed by atoms with Gasteiger partial charge in [-0.1, -0.05) is 0 Å². The fourth-order valence-corrected chi connectivity index (χ4v) is 8.91. The molecule has 330 valence electrons. The minimum absolute atomic E-state index is 0.0261. The molecule has 2 unspecified atom stereocenters. The summed E-state index contributed by atoms with van der Waals surface area (Å²) in [6.45, 7) is -2.82. The van der Waals surface area contributed by atoms with Crippen molar-refractivity contribution in [2.75, 3.05) is 31.3 Å². The summed E-state index contributed by atoms with van der Waals surface area (Å²) in [7, 11) is -10.7. The van der Waals surface area contributed by atoms with Gasteiger partial charge in [0.05, 0.1) is 32.5 Å². The Morgan fingerprint density at radius 2 is 1.15 bits per heavy atom. The molecule has 32 heteroatoms. The Morgan fingerprint density at radius 3 is 1.69 bits per heavy atom. The van der Waals surface area contributed by atoms with Crippen molar-refractivity contribution in [1.82, 2.24) is 48.6 Å². The molecule has 0 saturated carbocycles. The Hall–Kier alpha value is -4.72. The van der Waals surface area contributed by atoms with E-state index >= 15 is 0 Å². The number of rotatable bonds is 14. The van der Waals surface area contributed by atoms with Crippen molar-refractivity contribution in [2.24, 2.45) is 0 Å². The van der Waals surface area contributed by atoms with Crippen molar-refractivity contribution < 1.29 is 76.8 Å². The molecule has 5 aromatic heterocycles. The second-order valence-corrected chi connectivity index (χ2v) is 16.5. The lowest BCUT2D eigenvalue weighted by Crippen LogP contribution is -2.39. The Balaban J connectivity index is 0.982. The predicted molar refractivity (Wildman–Crippen MR) is 195 cm³/mol. The monoisotopic (exact) mass is 902 g/mol. The molecule has 0 amide bonds. The van der Waals surface area contributed by atoms with Crippen LogP contribution in [0.5, 0.6) is 0 Å². The SMILES string of the molecule is Nc1ncnc2c1ncn2[C@@H]1O[C@H](COP(=O)(O)O[C@H]2[C@@H](O)[C@H](n3cnc4c(N)ncnc43)O[C@@H]2COP(=O)(O)O[C@H]2[C@@H](O)[C@H](n3ccc(=O)[nH]c3=O)O[C@@H]2CO)[C@@H](O)[C@H]1O. The molecule has 0 aromatic carbocycles. The number of hydrogen-bond donors (Lipinski definition) is 10. The quantitative estimate of drug-likeness (QED) is 0.0470. The van der Waals surface area contributed by atoms with Crippen LogP contribution in [-0.4, -0.2) is 159 Å². The number of aromatic amines is 1. The molecule has 0 spiro atoms. The van der Waals surface area contributed by atoms with Crippen LogP contribution in [0.4, 0.5) is 11.6 Å². The summed E-state index contributed by atoms with van der Waals surface area (Å²) in [6.07, 6.45) is -14.5. The van der Waals surface area contributed by atoms with E-state index in [-0.39, 0.29) is 34.0 Å². The van der Waals surface area contributed by atoms with Crippen molar-refractivity contribution in [3.63, 3.8) is 0 Å². The first-order valence-corrected chi connectivity index (χ1v) is 20.7. The summed E-state index contributed by atoms with van der Waals surface area (Å²) >= 11 is 0. The Kier molecular flexibility index (Phi) is 11.6. The van der Waals surface area contributed by atoms with Crippen molar-refractivity contribution in [3.05, 3.63) is 58.4 Å². The van der Waals surface area contributed by atoms with Crippen LogP contribution < -0.4 is 22.7 Å². The van der Waals surface area contributed by atoms with E-state index in [0.717, 1.165) is 40.4 Å². The first kappa shape index (κ1) is 42.9. The molecule has 3 aliphatic rings. The van der Waals surface area contributed by atoms with Crippen LogP contribution in [0, 0.1) is 0 Å². The van der Waals surface area contributed by atoms with Gasteiger partial charge in [0.2, 0.25) is 0 Å². The second kappa shape index (κ2) is 16.5. The third kappa shape index (κ3) is 8.21. The second-order valence-electron chi connectivity index (χ2n) is 13.7. The van der Waals surface area contributed by atoms with Crippen LogP contribution in [0.15, 0.2) is 47.2 Å². The van der Waals surface area contributed by atoms with Crippen LogP contribution in [0.1, 0.15) is 18.7 Å². The molecule has 0 bridgehead atoms. The third-order valence-electron chi connectivity index (χ3n) is 9.90. The first-order chi connectivity index (χ1) is 29.0. The number of nitrogens with one attached hydrogen (secondary N) is 1. The standard InChI is InChI=1S/C29H36N12O18P2/c30-22-14-24(34-6-32-22)40(8-36-14)26-17(45)16(44)11(56-26)4-53-60(49,50)59-21-12(57-28(19(21)47)41-9-37-15-23(31)33-7-35-25(15)41)5-54-61(51,52)58-20-10(3-42)55-27(18(20)46)39-2-1-13(43)38-29(39)48/h1-2,6-12,16-21,26-28,42,44-47H,3-5H2,(H,49,50)(H,51,52)(H2,30,32,34)(H2,31,33,35)(H,38,43,48)/t10-,11-,12-,16-,17-,18-,19-,20-,21-,26-,27-,28-/m1/s1. The van der Waals surface area contributed by atoms with E-state index in [9.17, 15) is 54.0 Å². The average Bonchev–Trinajstić information content (AvgIpc) is 4.03. The molecule has 0 radical (unpaired) electrons. The molecule has 5 aromatic rings. The summed E-state index contributed by atoms with van der Waals surface area (Å²) in [5.41, 5.74) is 10.4. The number of anilines is 2. The Labute approximate surface area is 338 Å². The molecular formula is C29H36N12O18P2. The van der Waals surface area contributed by atoms with Crippen molar-refractivity contribution >= 4 is 49.6 Å². The number of ether oxygens (including phenoxy) is 3. The number of aliphatic hydroxyl groups is 5. The van der Waals surface area contributed by atoms with E-state index in [1.807, 2.05) is 4.98 Å². The third-order valence-corrected chi connectivity index (χ3v) is 11.9. The van der Waals surface area contributed by atoms with Gasteiger partial charge in [0.1, 0.15) is 78.6 Å². The zero-order valence-corrected chi connectivity index (χ0v) is 32.5. The zero-order valence-electron chi connectivity index (χ0n) is 30.7. The normalized spacial score (nSPS) is 32.4. The van der Waals surface area contributed by atoms with Gasteiger partial charge in [-0.25, -0.2) is 43.8 Å². The van der Waals surface area contributed by atoms with Gasteiger partial charge < -0.3 is 61.0 Å². The maximum absolute atomic E-state index is 13.5. The van der Waals surface area contributed by atoms with Crippen LogP contribution in [0.3, 0.4) is 0 Å². The maximum Gasteiger partial charge on any atom is 0.472 e. The van der Waals surface area contributed by atoms with Crippen LogP contribution in [0.2, 0.25) is 0 Å². The number of aromatic nitrogens is 10. The molecule has 0 aliphatic carbocycles. The maximum atomic E-state index is 13.5. The molecule has 8 heterocycles. The highest BCUT2D eigenvalue weighted by Crippen LogP contribution is 2.52. The number of phosphoric ester groups is 2. The summed E-state index contributed by atoms with van der Waals surface area (Å²) in [5.74, 6) is -0.0225. The summed E-state index contributed by atoms with van der Waals surface area (Å²) in [6, 6.07) is 0.940. The topological polar surface area (TPSA) is 434 Å². The van der Waals surface area contributed by atoms with Gasteiger partial charge in [-0.05, 0) is 0 Å². The molecule has 3 saturated heterocycles. The largest absolute Gasteiger partial charge is 0.472 e. The smallest absolute Gasteiger partial charge is 0.394 e. The van der Waals surface area contributed by atoms with Gasteiger partial charge in [-0.3, -0.25) is 41.6 Å². The lowest BCUT2D eigenvalue weighted by molar-refractivity contribution is -0.0621. The molecule has 14 atom stereocenters. The van der Waals surface area contributed by atoms with Gasteiger partial charge in [0.25, 0.3) is 5.56 Å². The van der Waals surface area contributed by atoms with Crippen LogP contribution in [-0.2, 0) is 41.4 Å². The minimum Gasteiger partial charge on any atom is -0.394 e. The highest BCUT2D eigenvalue weighted by Gasteiger charge is 2.53. The highest BCUT2D eigenvalue weighted by molar-refractivity contribution is 7.47. The van der Waals surface area contributed by atoms with Gasteiger partial charge in [0, 0.05) is 12.3 Å². The zero-order chi connectivity index (χ0) is 43.5. The average molecular weight is 903 g/mol. The molecule has 8 rings (SSSR count). The number of phosphoric acid groups is 2. The minimum atomic E-state index is -5.35. The van der Waals surface area contributed by atoms with Crippen molar-refractivity contribution in [2.45, 2.75) is 73.6 Å². The van der Waals surface area contributed by atoms with Gasteiger partial charge in [0.15, 0.2) is 41.6 Å². The van der Waals surface area contributed by atoms with Crippen LogP contribution >= 0.6 is 15.6 Å². The van der Waals surface area contributed by atoms with Gasteiger partial charge in [-0.15, -0.1) is 0 Å². The van der Waals surface area contributed by atoms with E-state index < -0.39 is 120 Å². The molecular weight excluding hydrogens is 866 g/mol. The number of hydrogen-bond acceptors (Lipinski definition) is 24. The molecule has 3 fully saturated rings. The predicted octanol–water partition coefficient (Wildman–Crippen LogP) is -4.49. The molecule has 61 heavy (non-hydrogen) atoms. The molecule has 30 nitrogen and oxygen atoms in total. The Bertz CT molecular complexity index is 2630. The lowest BCUT2D eigenvalue weighted by Gasteiger charge is -2.25. The van der Waals surface area contributed by atoms with E-state index in [2.05, 4.69) is 29.9 Å².